The first kappa shape index (κ1) is 26.5. The van der Waals surface area contributed by atoms with E-state index in [9.17, 15) is 9.59 Å². The summed E-state index contributed by atoms with van der Waals surface area (Å²) in [5.74, 6) is 7.04. The molecule has 1 saturated heterocycles. The second kappa shape index (κ2) is 11.1. The zero-order valence-corrected chi connectivity index (χ0v) is 23.2. The summed E-state index contributed by atoms with van der Waals surface area (Å²) in [6, 6.07) is 9.29. The van der Waals surface area contributed by atoms with Gasteiger partial charge in [0, 0.05) is 37.0 Å². The van der Waals surface area contributed by atoms with Crippen molar-refractivity contribution in [2.75, 3.05) is 37.8 Å². The maximum Gasteiger partial charge on any atom is 0.162 e. The third-order valence-corrected chi connectivity index (χ3v) is 10.5. The van der Waals surface area contributed by atoms with Crippen LogP contribution in [0.1, 0.15) is 76.2 Å². The van der Waals surface area contributed by atoms with Gasteiger partial charge in [0.2, 0.25) is 0 Å². The molecule has 1 aromatic carbocycles. The van der Waals surface area contributed by atoms with Gasteiger partial charge < -0.3 is 14.7 Å². The van der Waals surface area contributed by atoms with Gasteiger partial charge in [-0.05, 0) is 104 Å². The van der Waals surface area contributed by atoms with Crippen molar-refractivity contribution in [2.45, 2.75) is 70.6 Å². The van der Waals surface area contributed by atoms with Crippen LogP contribution in [-0.2, 0) is 14.3 Å². The van der Waals surface area contributed by atoms with E-state index >= 15 is 0 Å². The fraction of sp³-hybridized carbons (Fsp3) is 0.588. The first-order chi connectivity index (χ1) is 19.0. The highest BCUT2D eigenvalue weighted by Crippen LogP contribution is 2.65. The Morgan fingerprint density at radius 3 is 2.64 bits per heavy atom. The van der Waals surface area contributed by atoms with Gasteiger partial charge in [0.15, 0.2) is 11.6 Å². The molecule has 1 N–H and O–H groups in total. The van der Waals surface area contributed by atoms with Crippen molar-refractivity contribution in [3.63, 3.8) is 0 Å². The van der Waals surface area contributed by atoms with Crippen LogP contribution < -0.4 is 4.90 Å². The second-order valence-electron chi connectivity index (χ2n) is 12.5. The molecule has 1 aliphatic heterocycles. The number of rotatable bonds is 6. The van der Waals surface area contributed by atoms with Crippen LogP contribution in [0.4, 0.5) is 5.69 Å². The molecule has 0 aromatic heterocycles. The molecule has 6 rings (SSSR count). The number of anilines is 1. The van der Waals surface area contributed by atoms with Crippen molar-refractivity contribution in [1.29, 1.82) is 0 Å². The lowest BCUT2D eigenvalue weighted by Gasteiger charge is -2.52. The molecular weight excluding hydrogens is 486 g/mol. The van der Waals surface area contributed by atoms with Crippen molar-refractivity contribution < 1.29 is 19.4 Å². The topological polar surface area (TPSA) is 66.8 Å². The van der Waals surface area contributed by atoms with Crippen LogP contribution in [0.15, 0.2) is 47.1 Å². The largest absolute Gasteiger partial charge is 0.384 e. The second-order valence-corrected chi connectivity index (χ2v) is 12.5. The van der Waals surface area contributed by atoms with Gasteiger partial charge in [-0.3, -0.25) is 9.59 Å². The van der Waals surface area contributed by atoms with Crippen LogP contribution in [0, 0.1) is 35.0 Å². The molecule has 0 amide bonds. The van der Waals surface area contributed by atoms with Crippen molar-refractivity contribution in [1.82, 2.24) is 0 Å². The fourth-order valence-corrected chi connectivity index (χ4v) is 8.79. The molecule has 5 heteroatoms. The van der Waals surface area contributed by atoms with Gasteiger partial charge in [-0.15, -0.1) is 0 Å². The van der Waals surface area contributed by atoms with Crippen molar-refractivity contribution in [3.05, 3.63) is 52.6 Å². The third kappa shape index (κ3) is 4.92. The van der Waals surface area contributed by atoms with Crippen LogP contribution >= 0.6 is 0 Å². The number of ether oxygens (including phenoxy) is 1. The average Bonchev–Trinajstić information content (AvgIpc) is 3.60. The Morgan fingerprint density at radius 1 is 1.08 bits per heavy atom. The minimum atomic E-state index is -0.190. The Balaban J connectivity index is 1.33. The number of hydrogen-bond acceptors (Lipinski definition) is 5. The van der Waals surface area contributed by atoms with Crippen molar-refractivity contribution >= 4 is 17.3 Å². The predicted molar refractivity (Wildman–Crippen MR) is 152 cm³/mol. The molecule has 3 fully saturated rings. The number of nitrogens with zero attached hydrogens (tertiary/aromatic N) is 1. The highest BCUT2D eigenvalue weighted by atomic mass is 16.5. The molecule has 5 atom stereocenters. The summed E-state index contributed by atoms with van der Waals surface area (Å²) in [5.41, 5.74) is 6.92. The summed E-state index contributed by atoms with van der Waals surface area (Å²) in [5, 5.41) is 8.86. The molecule has 4 aliphatic carbocycles. The molecule has 0 unspecified atom stereocenters. The van der Waals surface area contributed by atoms with Crippen LogP contribution in [-0.4, -0.2) is 49.6 Å². The molecule has 0 bridgehead atoms. The number of Topliss-reactive ketones (excluding diaryl/α,β-unsaturated/α-hetero) is 1. The normalized spacial score (nSPS) is 31.7. The first-order valence-electron chi connectivity index (χ1n) is 15.0. The Morgan fingerprint density at radius 2 is 1.87 bits per heavy atom. The monoisotopic (exact) mass is 527 g/mol. The summed E-state index contributed by atoms with van der Waals surface area (Å²) in [6.07, 6.45) is 11.0. The number of fused-ring (bicyclic) bond motifs is 4. The number of ketones is 2. The highest BCUT2D eigenvalue weighted by Gasteiger charge is 2.58. The Labute approximate surface area is 232 Å². The molecule has 39 heavy (non-hydrogen) atoms. The Kier molecular flexibility index (Phi) is 7.53. The van der Waals surface area contributed by atoms with E-state index in [1.54, 1.807) is 5.57 Å². The highest BCUT2D eigenvalue weighted by molar-refractivity contribution is 5.93. The summed E-state index contributed by atoms with van der Waals surface area (Å²) in [6.45, 7) is 4.73. The number of aliphatic hydroxyl groups is 1. The van der Waals surface area contributed by atoms with Gasteiger partial charge in [-0.2, -0.15) is 0 Å². The van der Waals surface area contributed by atoms with Crippen molar-refractivity contribution in [2.24, 2.45) is 23.2 Å². The summed E-state index contributed by atoms with van der Waals surface area (Å²) in [7, 11) is 0. The maximum atomic E-state index is 13.5. The number of carbonyl (C=O) groups excluding carboxylic acids is 2. The van der Waals surface area contributed by atoms with Gasteiger partial charge in [0.25, 0.3) is 0 Å². The molecule has 1 heterocycles. The summed E-state index contributed by atoms with van der Waals surface area (Å²) in [4.78, 5) is 28.3. The lowest BCUT2D eigenvalue weighted by atomic mass is 9.51. The summed E-state index contributed by atoms with van der Waals surface area (Å²) < 4.78 is 5.61. The van der Waals surface area contributed by atoms with Gasteiger partial charge >= 0.3 is 0 Å². The number of benzene rings is 1. The minimum Gasteiger partial charge on any atom is -0.384 e. The lowest BCUT2D eigenvalue weighted by molar-refractivity contribution is -0.131. The molecule has 5 nitrogen and oxygen atoms in total. The Hall–Kier alpha value is -2.68. The number of carbonyl (C=O) groups is 2. The molecule has 206 valence electrons. The quantitative estimate of drug-likeness (QED) is 0.397. The number of allylic oxidation sites excluding steroid dienone is 4. The van der Waals surface area contributed by atoms with E-state index in [4.69, 9.17) is 9.84 Å². The zero-order valence-electron chi connectivity index (χ0n) is 23.2. The molecular formula is C34H41NO4. The number of aliphatic hydroxyl groups excluding tert-OH is 1. The van der Waals surface area contributed by atoms with E-state index < -0.39 is 0 Å². The van der Waals surface area contributed by atoms with E-state index in [0.717, 1.165) is 51.6 Å². The van der Waals surface area contributed by atoms with E-state index in [-0.39, 0.29) is 48.6 Å². The maximum absolute atomic E-state index is 13.5. The van der Waals surface area contributed by atoms with E-state index in [1.165, 1.54) is 35.2 Å². The van der Waals surface area contributed by atoms with Crippen LogP contribution in [0.25, 0.3) is 0 Å². The van der Waals surface area contributed by atoms with Gasteiger partial charge in [0.05, 0.1) is 0 Å². The average molecular weight is 528 g/mol. The molecule has 0 radical (unpaired) electrons. The molecule has 5 aliphatic rings. The third-order valence-electron chi connectivity index (χ3n) is 10.5. The predicted octanol–water partition coefficient (Wildman–Crippen LogP) is 5.38. The van der Waals surface area contributed by atoms with Crippen LogP contribution in [0.5, 0.6) is 0 Å². The van der Waals surface area contributed by atoms with E-state index in [2.05, 4.69) is 47.9 Å². The first-order valence-corrected chi connectivity index (χ1v) is 15.0. The van der Waals surface area contributed by atoms with Gasteiger partial charge in [-0.25, -0.2) is 0 Å². The van der Waals surface area contributed by atoms with Crippen molar-refractivity contribution in [3.8, 4) is 11.8 Å². The standard InChI is InChI=1S/C34H41NO4/c1-34-21-29(23-6-9-25(10-7-23)35-16-2-3-17-35)33-27-13-11-26(37)20-24(27)8-12-28(33)30(34)14-15-31(34)32(38)22-39-19-5-4-18-36/h6-7,9-10,20,28-31,36H,2-3,8,11-19,21-22H2,1H3/t28-,29+,30-,31+,34-/m0/s1. The fourth-order valence-electron chi connectivity index (χ4n) is 8.79. The van der Waals surface area contributed by atoms with E-state index in [0.29, 0.717) is 18.3 Å². The molecule has 0 spiro atoms. The lowest BCUT2D eigenvalue weighted by Crippen LogP contribution is -2.45. The smallest absolute Gasteiger partial charge is 0.162 e. The van der Waals surface area contributed by atoms with E-state index in [1.807, 2.05) is 6.08 Å². The SMILES string of the molecule is C[C@]12C[C@H](c3ccc(N4CCCC4)cc3)C3=C4CCC(=O)C=C4CC[C@H]3[C@@H]1CC[C@@H]2C(=O)COCC#CCO. The summed E-state index contributed by atoms with van der Waals surface area (Å²) >= 11 is 0. The van der Waals surface area contributed by atoms with Crippen LogP contribution in [0.2, 0.25) is 0 Å². The molecule has 1 aromatic rings. The zero-order chi connectivity index (χ0) is 27.0. The number of hydrogen-bond donors (Lipinski definition) is 1. The van der Waals surface area contributed by atoms with Gasteiger partial charge in [-0.1, -0.05) is 36.5 Å². The Bertz CT molecular complexity index is 1240. The minimum absolute atomic E-state index is 0.00361. The van der Waals surface area contributed by atoms with Gasteiger partial charge in [0.1, 0.15) is 19.8 Å². The van der Waals surface area contributed by atoms with Crippen LogP contribution in [0.3, 0.4) is 0 Å². The molecule has 2 saturated carbocycles.